The number of aliphatic hydroxyl groups is 1. The highest BCUT2D eigenvalue weighted by Crippen LogP contribution is 2.13. The molecule has 1 aromatic heterocycles. The van der Waals surface area contributed by atoms with Gasteiger partial charge in [-0.15, -0.1) is 0 Å². The molecule has 3 N–H and O–H groups in total. The summed E-state index contributed by atoms with van der Waals surface area (Å²) in [6.45, 7) is 3.04. The first-order chi connectivity index (χ1) is 9.20. The molecule has 1 heterocycles. The van der Waals surface area contributed by atoms with Crippen LogP contribution >= 0.6 is 0 Å². The van der Waals surface area contributed by atoms with Crippen molar-refractivity contribution in [3.8, 4) is 0 Å². The fourth-order valence-corrected chi connectivity index (χ4v) is 2.07. The van der Waals surface area contributed by atoms with Gasteiger partial charge in [-0.05, 0) is 36.3 Å². The van der Waals surface area contributed by atoms with Crippen LogP contribution < -0.4 is 10.9 Å². The topological polar surface area (TPSA) is 65.1 Å². The molecule has 0 aliphatic rings. The van der Waals surface area contributed by atoms with E-state index in [9.17, 15) is 4.79 Å². The number of H-pyrrole nitrogens is 1. The molecule has 4 heteroatoms. The zero-order valence-corrected chi connectivity index (χ0v) is 11.1. The van der Waals surface area contributed by atoms with E-state index in [1.807, 2.05) is 37.3 Å². The lowest BCUT2D eigenvalue weighted by atomic mass is 10.1. The molecule has 0 amide bonds. The molecule has 102 valence electrons. The second-order valence-electron chi connectivity index (χ2n) is 4.96. The van der Waals surface area contributed by atoms with Crippen LogP contribution in [-0.2, 0) is 0 Å². The number of benzene rings is 1. The van der Waals surface area contributed by atoms with Crippen molar-refractivity contribution in [3.63, 3.8) is 0 Å². The first-order valence-electron chi connectivity index (χ1n) is 6.67. The van der Waals surface area contributed by atoms with E-state index < -0.39 is 0 Å². The standard InChI is InChI=1S/C15H20N2O2/c1-11(10-18)5-4-8-16-14-9-12-6-2-3-7-13(12)15(19)17-14/h2-3,6-7,9,11,18H,4-5,8,10H2,1H3,(H2,16,17,19). The summed E-state index contributed by atoms with van der Waals surface area (Å²) in [6, 6.07) is 9.49. The zero-order valence-electron chi connectivity index (χ0n) is 11.1. The third-order valence-corrected chi connectivity index (χ3v) is 3.25. The van der Waals surface area contributed by atoms with E-state index in [1.54, 1.807) is 0 Å². The van der Waals surface area contributed by atoms with Crippen LogP contribution in [0.4, 0.5) is 5.82 Å². The summed E-state index contributed by atoms with van der Waals surface area (Å²) >= 11 is 0. The number of hydrogen-bond acceptors (Lipinski definition) is 3. The Morgan fingerprint density at radius 3 is 2.95 bits per heavy atom. The predicted molar refractivity (Wildman–Crippen MR) is 78.5 cm³/mol. The maximum absolute atomic E-state index is 11.9. The summed E-state index contributed by atoms with van der Waals surface area (Å²) in [5, 5.41) is 13.8. The second kappa shape index (κ2) is 6.38. The minimum absolute atomic E-state index is 0.0654. The van der Waals surface area contributed by atoms with Gasteiger partial charge in [0.05, 0.1) is 0 Å². The number of hydrogen-bond donors (Lipinski definition) is 3. The summed E-state index contributed by atoms with van der Waals surface area (Å²) in [5.74, 6) is 1.08. The van der Waals surface area contributed by atoms with E-state index in [-0.39, 0.29) is 12.2 Å². The molecule has 1 aromatic carbocycles. The quantitative estimate of drug-likeness (QED) is 0.698. The van der Waals surface area contributed by atoms with Gasteiger partial charge in [-0.1, -0.05) is 25.1 Å². The van der Waals surface area contributed by atoms with Crippen LogP contribution in [0.3, 0.4) is 0 Å². The van der Waals surface area contributed by atoms with E-state index in [0.717, 1.165) is 30.6 Å². The summed E-state index contributed by atoms with van der Waals surface area (Å²) in [4.78, 5) is 14.7. The molecule has 2 rings (SSSR count). The van der Waals surface area contributed by atoms with Crippen molar-refractivity contribution >= 4 is 16.6 Å². The minimum atomic E-state index is -0.0654. The number of aromatic nitrogens is 1. The third-order valence-electron chi connectivity index (χ3n) is 3.25. The number of fused-ring (bicyclic) bond motifs is 1. The molecule has 1 unspecified atom stereocenters. The highest BCUT2D eigenvalue weighted by Gasteiger charge is 2.02. The fourth-order valence-electron chi connectivity index (χ4n) is 2.07. The van der Waals surface area contributed by atoms with Gasteiger partial charge in [-0.3, -0.25) is 4.79 Å². The van der Waals surface area contributed by atoms with Crippen LogP contribution in [0.5, 0.6) is 0 Å². The second-order valence-corrected chi connectivity index (χ2v) is 4.96. The predicted octanol–water partition coefficient (Wildman–Crippen LogP) is 2.35. The van der Waals surface area contributed by atoms with Crippen molar-refractivity contribution in [3.05, 3.63) is 40.7 Å². The van der Waals surface area contributed by atoms with Crippen LogP contribution in [0.25, 0.3) is 10.8 Å². The van der Waals surface area contributed by atoms with Crippen LogP contribution in [0.2, 0.25) is 0 Å². The molecule has 0 radical (unpaired) electrons. The lowest BCUT2D eigenvalue weighted by Crippen LogP contribution is -2.12. The van der Waals surface area contributed by atoms with Crippen LogP contribution in [0.1, 0.15) is 19.8 Å². The van der Waals surface area contributed by atoms with E-state index in [1.165, 1.54) is 0 Å². The first kappa shape index (κ1) is 13.6. The number of aliphatic hydroxyl groups excluding tert-OH is 1. The Kier molecular flexibility index (Phi) is 4.58. The maximum atomic E-state index is 11.9. The van der Waals surface area contributed by atoms with Gasteiger partial charge in [0.25, 0.3) is 5.56 Å². The average Bonchev–Trinajstić information content (AvgIpc) is 2.43. The number of pyridine rings is 1. The molecule has 0 bridgehead atoms. The van der Waals surface area contributed by atoms with Gasteiger partial charge in [0.2, 0.25) is 0 Å². The van der Waals surface area contributed by atoms with Crippen molar-refractivity contribution in [2.24, 2.45) is 5.92 Å². The molecular weight excluding hydrogens is 240 g/mol. The van der Waals surface area contributed by atoms with Gasteiger partial charge in [0, 0.05) is 18.5 Å². The average molecular weight is 260 g/mol. The van der Waals surface area contributed by atoms with Gasteiger partial charge >= 0.3 is 0 Å². The Labute approximate surface area is 112 Å². The van der Waals surface area contributed by atoms with Gasteiger partial charge in [-0.2, -0.15) is 0 Å². The Bertz CT molecular complexity index is 592. The lowest BCUT2D eigenvalue weighted by molar-refractivity contribution is 0.229. The smallest absolute Gasteiger partial charge is 0.257 e. The van der Waals surface area contributed by atoms with Crippen molar-refractivity contribution in [2.45, 2.75) is 19.8 Å². The van der Waals surface area contributed by atoms with Crippen molar-refractivity contribution in [2.75, 3.05) is 18.5 Å². The largest absolute Gasteiger partial charge is 0.396 e. The number of aromatic amines is 1. The molecule has 0 saturated heterocycles. The SMILES string of the molecule is CC(CO)CCCNc1cc2ccccc2c(=O)[nH]1. The molecule has 0 spiro atoms. The van der Waals surface area contributed by atoms with E-state index in [4.69, 9.17) is 5.11 Å². The van der Waals surface area contributed by atoms with Gasteiger partial charge in [0.1, 0.15) is 5.82 Å². The zero-order chi connectivity index (χ0) is 13.7. The Morgan fingerprint density at radius 2 is 2.16 bits per heavy atom. The third kappa shape index (κ3) is 3.58. The molecule has 0 aliphatic carbocycles. The number of nitrogens with one attached hydrogen (secondary N) is 2. The van der Waals surface area contributed by atoms with Crippen LogP contribution in [-0.4, -0.2) is 23.2 Å². The van der Waals surface area contributed by atoms with Crippen molar-refractivity contribution in [1.82, 2.24) is 4.98 Å². The van der Waals surface area contributed by atoms with Crippen LogP contribution in [0.15, 0.2) is 35.1 Å². The fraction of sp³-hybridized carbons (Fsp3) is 0.400. The summed E-state index contributed by atoms with van der Waals surface area (Å²) in [5.41, 5.74) is -0.0654. The molecule has 0 aliphatic heterocycles. The molecular formula is C15H20N2O2. The summed E-state index contributed by atoms with van der Waals surface area (Å²) in [6.07, 6.45) is 1.94. The van der Waals surface area contributed by atoms with Gasteiger partial charge in [-0.25, -0.2) is 0 Å². The summed E-state index contributed by atoms with van der Waals surface area (Å²) < 4.78 is 0. The Morgan fingerprint density at radius 1 is 1.37 bits per heavy atom. The number of anilines is 1. The molecule has 1 atom stereocenters. The van der Waals surface area contributed by atoms with E-state index in [0.29, 0.717) is 11.3 Å². The molecule has 0 saturated carbocycles. The van der Waals surface area contributed by atoms with Crippen molar-refractivity contribution < 1.29 is 5.11 Å². The highest BCUT2D eigenvalue weighted by molar-refractivity contribution is 5.83. The molecule has 0 fully saturated rings. The first-order valence-corrected chi connectivity index (χ1v) is 6.67. The van der Waals surface area contributed by atoms with Crippen molar-refractivity contribution in [1.29, 1.82) is 0 Å². The van der Waals surface area contributed by atoms with E-state index in [2.05, 4.69) is 10.3 Å². The minimum Gasteiger partial charge on any atom is -0.396 e. The molecule has 4 nitrogen and oxygen atoms in total. The normalized spacial score (nSPS) is 12.5. The Hall–Kier alpha value is -1.81. The van der Waals surface area contributed by atoms with Gasteiger partial charge in [0.15, 0.2) is 0 Å². The van der Waals surface area contributed by atoms with Gasteiger partial charge < -0.3 is 15.4 Å². The number of rotatable bonds is 6. The molecule has 2 aromatic rings. The van der Waals surface area contributed by atoms with E-state index >= 15 is 0 Å². The highest BCUT2D eigenvalue weighted by atomic mass is 16.3. The molecule has 19 heavy (non-hydrogen) atoms. The Balaban J connectivity index is 2.00. The maximum Gasteiger partial charge on any atom is 0.257 e. The monoisotopic (exact) mass is 260 g/mol. The summed E-state index contributed by atoms with van der Waals surface area (Å²) in [7, 11) is 0. The lowest BCUT2D eigenvalue weighted by Gasteiger charge is -2.09. The van der Waals surface area contributed by atoms with Crippen LogP contribution in [0, 0.1) is 5.92 Å².